The molecular weight excluding hydrogens is 262 g/mol. The number of hydrogen-bond donors (Lipinski definition) is 2. The molecule has 0 bridgehead atoms. The molecule has 1 aliphatic carbocycles. The molecule has 1 heterocycles. The topological polar surface area (TPSA) is 58.0 Å². The van der Waals surface area contributed by atoms with E-state index in [1.54, 1.807) is 0 Å². The number of benzene rings is 1. The van der Waals surface area contributed by atoms with E-state index in [0.29, 0.717) is 5.15 Å². The number of aliphatic hydroxyl groups is 1. The monoisotopic (exact) mass is 277 g/mol. The van der Waals surface area contributed by atoms with Gasteiger partial charge in [0, 0.05) is 23.9 Å². The predicted molar refractivity (Wildman–Crippen MR) is 76.4 cm³/mol. The first-order chi connectivity index (χ1) is 9.24. The first-order valence-electron chi connectivity index (χ1n) is 6.50. The molecule has 0 radical (unpaired) electrons. The van der Waals surface area contributed by atoms with Gasteiger partial charge < -0.3 is 10.4 Å². The highest BCUT2D eigenvalue weighted by Gasteiger charge is 2.41. The zero-order chi connectivity index (χ0) is 13.3. The molecule has 1 aliphatic rings. The Morgan fingerprint density at radius 3 is 2.63 bits per heavy atom. The number of anilines is 1. The summed E-state index contributed by atoms with van der Waals surface area (Å²) in [5.74, 6) is 0.768. The van der Waals surface area contributed by atoms with Crippen molar-refractivity contribution in [3.05, 3.63) is 29.4 Å². The summed E-state index contributed by atoms with van der Waals surface area (Å²) in [6.45, 7) is 1.07. The van der Waals surface area contributed by atoms with Gasteiger partial charge in [0.05, 0.1) is 0 Å². The van der Waals surface area contributed by atoms with Crippen LogP contribution < -0.4 is 5.32 Å². The SMILES string of the molecule is OCCC1(CNc2nnc(Cl)c3ccccc23)CC1. The largest absolute Gasteiger partial charge is 0.396 e. The van der Waals surface area contributed by atoms with Crippen LogP contribution in [-0.2, 0) is 0 Å². The molecule has 19 heavy (non-hydrogen) atoms. The zero-order valence-corrected chi connectivity index (χ0v) is 11.3. The fourth-order valence-corrected chi connectivity index (χ4v) is 2.60. The number of rotatable bonds is 5. The molecule has 1 saturated carbocycles. The number of hydrogen-bond acceptors (Lipinski definition) is 4. The second kappa shape index (κ2) is 4.94. The van der Waals surface area contributed by atoms with Crippen LogP contribution in [0, 0.1) is 5.41 Å². The molecule has 0 amide bonds. The minimum Gasteiger partial charge on any atom is -0.396 e. The molecule has 0 saturated heterocycles. The van der Waals surface area contributed by atoms with Crippen LogP contribution in [0.25, 0.3) is 10.8 Å². The lowest BCUT2D eigenvalue weighted by Crippen LogP contribution is -2.17. The van der Waals surface area contributed by atoms with Crippen LogP contribution in [0.1, 0.15) is 19.3 Å². The van der Waals surface area contributed by atoms with E-state index in [1.807, 2.05) is 24.3 Å². The van der Waals surface area contributed by atoms with Gasteiger partial charge in [-0.15, -0.1) is 10.2 Å². The fraction of sp³-hybridized carbons (Fsp3) is 0.429. The number of nitrogens with zero attached hydrogens (tertiary/aromatic N) is 2. The van der Waals surface area contributed by atoms with Crippen LogP contribution in [0.3, 0.4) is 0 Å². The Morgan fingerprint density at radius 2 is 1.95 bits per heavy atom. The van der Waals surface area contributed by atoms with Crippen LogP contribution in [0.2, 0.25) is 5.15 Å². The van der Waals surface area contributed by atoms with Gasteiger partial charge in [-0.2, -0.15) is 0 Å². The highest BCUT2D eigenvalue weighted by Crippen LogP contribution is 2.48. The third kappa shape index (κ3) is 2.51. The highest BCUT2D eigenvalue weighted by atomic mass is 35.5. The molecule has 1 aromatic heterocycles. The predicted octanol–water partition coefficient (Wildman–Crippen LogP) is 2.86. The summed E-state index contributed by atoms with van der Waals surface area (Å²) in [5.41, 5.74) is 0.247. The van der Waals surface area contributed by atoms with Crippen molar-refractivity contribution in [2.75, 3.05) is 18.5 Å². The number of fused-ring (bicyclic) bond motifs is 1. The maximum absolute atomic E-state index is 9.07. The standard InChI is InChI=1S/C14H16ClN3O/c15-12-10-3-1-2-4-11(10)13(18-17-12)16-9-14(5-6-14)7-8-19/h1-4,19H,5-9H2,(H,16,18). The van der Waals surface area contributed by atoms with E-state index in [9.17, 15) is 0 Å². The van der Waals surface area contributed by atoms with E-state index in [-0.39, 0.29) is 12.0 Å². The number of aromatic nitrogens is 2. The van der Waals surface area contributed by atoms with Crippen molar-refractivity contribution in [2.45, 2.75) is 19.3 Å². The van der Waals surface area contributed by atoms with E-state index in [2.05, 4.69) is 15.5 Å². The Bertz CT molecular complexity index is 598. The molecule has 4 nitrogen and oxygen atoms in total. The summed E-state index contributed by atoms with van der Waals surface area (Å²) >= 11 is 6.05. The van der Waals surface area contributed by atoms with E-state index in [0.717, 1.165) is 29.6 Å². The van der Waals surface area contributed by atoms with Crippen LogP contribution in [-0.4, -0.2) is 28.5 Å². The van der Waals surface area contributed by atoms with Gasteiger partial charge in [0.15, 0.2) is 11.0 Å². The Kier molecular flexibility index (Phi) is 3.29. The molecule has 2 aromatic rings. The summed E-state index contributed by atoms with van der Waals surface area (Å²) < 4.78 is 0. The quantitative estimate of drug-likeness (QED) is 0.882. The van der Waals surface area contributed by atoms with Gasteiger partial charge in [0.2, 0.25) is 0 Å². The molecule has 0 spiro atoms. The molecule has 1 aromatic carbocycles. The van der Waals surface area contributed by atoms with Gasteiger partial charge in [0.25, 0.3) is 0 Å². The second-order valence-corrected chi connectivity index (χ2v) is 5.57. The molecule has 3 rings (SSSR count). The van der Waals surface area contributed by atoms with Crippen molar-refractivity contribution in [1.29, 1.82) is 0 Å². The molecule has 2 N–H and O–H groups in total. The van der Waals surface area contributed by atoms with Crippen molar-refractivity contribution >= 4 is 28.2 Å². The second-order valence-electron chi connectivity index (χ2n) is 5.21. The maximum atomic E-state index is 9.07. The van der Waals surface area contributed by atoms with E-state index >= 15 is 0 Å². The maximum Gasteiger partial charge on any atom is 0.159 e. The molecule has 0 atom stereocenters. The molecule has 100 valence electrons. The van der Waals surface area contributed by atoms with Crippen molar-refractivity contribution in [3.8, 4) is 0 Å². The van der Waals surface area contributed by atoms with Gasteiger partial charge in [-0.3, -0.25) is 0 Å². The number of aliphatic hydroxyl groups excluding tert-OH is 1. The Hall–Kier alpha value is -1.39. The smallest absolute Gasteiger partial charge is 0.159 e. The van der Waals surface area contributed by atoms with Crippen molar-refractivity contribution in [2.24, 2.45) is 5.41 Å². The van der Waals surface area contributed by atoms with Crippen LogP contribution in [0.15, 0.2) is 24.3 Å². The summed E-state index contributed by atoms with van der Waals surface area (Å²) in [7, 11) is 0. The van der Waals surface area contributed by atoms with Gasteiger partial charge in [0.1, 0.15) is 0 Å². The van der Waals surface area contributed by atoms with Crippen molar-refractivity contribution in [3.63, 3.8) is 0 Å². The third-order valence-corrected chi connectivity index (χ3v) is 4.15. The average molecular weight is 278 g/mol. The number of halogens is 1. The van der Waals surface area contributed by atoms with E-state index in [1.165, 1.54) is 12.8 Å². The van der Waals surface area contributed by atoms with Crippen molar-refractivity contribution < 1.29 is 5.11 Å². The third-order valence-electron chi connectivity index (χ3n) is 3.87. The molecule has 0 unspecified atom stereocenters. The first-order valence-corrected chi connectivity index (χ1v) is 6.88. The first kappa shape index (κ1) is 12.6. The Balaban J connectivity index is 1.84. The molecular formula is C14H16ClN3O. The highest BCUT2D eigenvalue weighted by molar-refractivity contribution is 6.34. The summed E-state index contributed by atoms with van der Waals surface area (Å²) in [5, 5.41) is 22.9. The van der Waals surface area contributed by atoms with Gasteiger partial charge in [-0.25, -0.2) is 0 Å². The zero-order valence-electron chi connectivity index (χ0n) is 10.6. The summed E-state index contributed by atoms with van der Waals surface area (Å²) in [6.07, 6.45) is 3.18. The molecule has 5 heteroatoms. The molecule has 1 fully saturated rings. The van der Waals surface area contributed by atoms with E-state index in [4.69, 9.17) is 16.7 Å². The van der Waals surface area contributed by atoms with Gasteiger partial charge in [-0.05, 0) is 24.7 Å². The summed E-state index contributed by atoms with van der Waals surface area (Å²) in [6, 6.07) is 7.84. The van der Waals surface area contributed by atoms with Crippen molar-refractivity contribution in [1.82, 2.24) is 10.2 Å². The Morgan fingerprint density at radius 1 is 1.21 bits per heavy atom. The fourth-order valence-electron chi connectivity index (χ4n) is 2.40. The lowest BCUT2D eigenvalue weighted by Gasteiger charge is -2.15. The minimum atomic E-state index is 0.245. The van der Waals surface area contributed by atoms with Gasteiger partial charge >= 0.3 is 0 Å². The van der Waals surface area contributed by atoms with Crippen LogP contribution >= 0.6 is 11.6 Å². The van der Waals surface area contributed by atoms with E-state index < -0.39 is 0 Å². The van der Waals surface area contributed by atoms with Gasteiger partial charge in [-0.1, -0.05) is 35.9 Å². The summed E-state index contributed by atoms with van der Waals surface area (Å²) in [4.78, 5) is 0. The normalized spacial score (nSPS) is 16.5. The average Bonchev–Trinajstić information content (AvgIpc) is 3.19. The Labute approximate surface area is 116 Å². The minimum absolute atomic E-state index is 0.245. The molecule has 0 aliphatic heterocycles. The lowest BCUT2D eigenvalue weighted by molar-refractivity contribution is 0.253. The van der Waals surface area contributed by atoms with Crippen LogP contribution in [0.4, 0.5) is 5.82 Å². The lowest BCUT2D eigenvalue weighted by atomic mass is 10.0. The number of nitrogens with one attached hydrogen (secondary N) is 1. The van der Waals surface area contributed by atoms with Crippen LogP contribution in [0.5, 0.6) is 0 Å².